The van der Waals surface area contributed by atoms with Crippen LogP contribution >= 0.6 is 0 Å². The first-order valence-corrected chi connectivity index (χ1v) is 8.11. The average molecular weight is 326 g/mol. The van der Waals surface area contributed by atoms with Gasteiger partial charge in [0.05, 0.1) is 12.1 Å². The highest BCUT2D eigenvalue weighted by atomic mass is 16.4. The molecule has 2 aromatic rings. The molecule has 0 amide bonds. The lowest BCUT2D eigenvalue weighted by atomic mass is 10.1. The van der Waals surface area contributed by atoms with Crippen molar-refractivity contribution in [1.29, 1.82) is 0 Å². The summed E-state index contributed by atoms with van der Waals surface area (Å²) in [5, 5.41) is 12.0. The lowest BCUT2D eigenvalue weighted by Gasteiger charge is -2.37. The first-order valence-electron chi connectivity index (χ1n) is 8.11. The highest BCUT2D eigenvalue weighted by Crippen LogP contribution is 2.25. The van der Waals surface area contributed by atoms with E-state index in [9.17, 15) is 4.79 Å². The number of hydrogen-bond acceptors (Lipinski definition) is 5. The largest absolute Gasteiger partial charge is 0.481 e. The molecule has 2 N–H and O–H groups in total. The molecule has 0 saturated carbocycles. The van der Waals surface area contributed by atoms with Crippen LogP contribution in [0.4, 0.5) is 17.2 Å². The van der Waals surface area contributed by atoms with Gasteiger partial charge in [-0.3, -0.25) is 4.79 Å². The predicted octanol–water partition coefficient (Wildman–Crippen LogP) is 2.08. The molecule has 0 spiro atoms. The van der Waals surface area contributed by atoms with Gasteiger partial charge in [-0.1, -0.05) is 12.1 Å². The van der Waals surface area contributed by atoms with Gasteiger partial charge in [-0.25, -0.2) is 4.98 Å². The summed E-state index contributed by atoms with van der Waals surface area (Å²) in [7, 11) is 1.91. The number of benzene rings is 1. The van der Waals surface area contributed by atoms with Gasteiger partial charge >= 0.3 is 5.97 Å². The Kier molecular flexibility index (Phi) is 4.84. The van der Waals surface area contributed by atoms with E-state index in [4.69, 9.17) is 5.11 Å². The number of nitrogens with zero attached hydrogens (tertiary/aromatic N) is 3. The fourth-order valence-corrected chi connectivity index (χ4v) is 3.02. The fourth-order valence-electron chi connectivity index (χ4n) is 3.02. The van der Waals surface area contributed by atoms with Gasteiger partial charge in [0.25, 0.3) is 0 Å². The molecular weight excluding hydrogens is 304 g/mol. The van der Waals surface area contributed by atoms with Gasteiger partial charge in [0, 0.05) is 45.1 Å². The van der Waals surface area contributed by atoms with E-state index in [0.29, 0.717) is 0 Å². The molecule has 1 saturated heterocycles. The third kappa shape index (κ3) is 3.59. The van der Waals surface area contributed by atoms with Crippen LogP contribution in [-0.2, 0) is 11.2 Å². The third-order valence-corrected chi connectivity index (χ3v) is 4.29. The van der Waals surface area contributed by atoms with E-state index < -0.39 is 5.97 Å². The number of carbonyl (C=O) groups is 1. The van der Waals surface area contributed by atoms with E-state index in [1.807, 2.05) is 49.6 Å². The zero-order chi connectivity index (χ0) is 16.9. The maximum absolute atomic E-state index is 10.8. The summed E-state index contributed by atoms with van der Waals surface area (Å²) in [6.07, 6.45) is 1.89. The lowest BCUT2D eigenvalue weighted by molar-refractivity contribution is -0.136. The number of piperazine rings is 1. The van der Waals surface area contributed by atoms with Crippen molar-refractivity contribution in [3.05, 3.63) is 48.2 Å². The van der Waals surface area contributed by atoms with Gasteiger partial charge in [-0.2, -0.15) is 0 Å². The van der Waals surface area contributed by atoms with Crippen molar-refractivity contribution in [3.8, 4) is 0 Å². The molecule has 6 heteroatoms. The molecule has 3 rings (SSSR count). The van der Waals surface area contributed by atoms with Crippen LogP contribution in [0.15, 0.2) is 42.6 Å². The highest BCUT2D eigenvalue weighted by Gasteiger charge is 2.20. The Balaban J connectivity index is 1.63. The van der Waals surface area contributed by atoms with Crippen LogP contribution in [0.2, 0.25) is 0 Å². The molecule has 0 atom stereocenters. The van der Waals surface area contributed by atoms with Crippen LogP contribution in [-0.4, -0.2) is 49.3 Å². The monoisotopic (exact) mass is 326 g/mol. The Hall–Kier alpha value is -2.76. The number of hydrogen-bond donors (Lipinski definition) is 2. The zero-order valence-electron chi connectivity index (χ0n) is 13.8. The molecule has 0 aliphatic carbocycles. The quantitative estimate of drug-likeness (QED) is 0.877. The molecule has 126 valence electrons. The molecule has 1 aromatic carbocycles. The molecular formula is C18H22N4O2. The number of aliphatic carboxylic acids is 1. The van der Waals surface area contributed by atoms with Crippen molar-refractivity contribution in [3.63, 3.8) is 0 Å². The zero-order valence-corrected chi connectivity index (χ0v) is 13.8. The van der Waals surface area contributed by atoms with Crippen LogP contribution < -0.4 is 15.1 Å². The van der Waals surface area contributed by atoms with E-state index in [1.165, 1.54) is 0 Å². The molecule has 2 heterocycles. The van der Waals surface area contributed by atoms with Crippen LogP contribution in [0.25, 0.3) is 0 Å². The Morgan fingerprint density at radius 2 is 1.79 bits per heavy atom. The normalized spacial score (nSPS) is 14.5. The SMILES string of the molecule is CNc1cccnc1N1CCN(c2ccc(CC(=O)O)cc2)CC1. The second kappa shape index (κ2) is 7.21. The highest BCUT2D eigenvalue weighted by molar-refractivity contribution is 5.70. The van der Waals surface area contributed by atoms with Crippen LogP contribution in [0.3, 0.4) is 0 Å². The van der Waals surface area contributed by atoms with E-state index in [0.717, 1.165) is 48.9 Å². The maximum Gasteiger partial charge on any atom is 0.307 e. The third-order valence-electron chi connectivity index (χ3n) is 4.29. The summed E-state index contributed by atoms with van der Waals surface area (Å²) < 4.78 is 0. The Morgan fingerprint density at radius 3 is 2.42 bits per heavy atom. The minimum absolute atomic E-state index is 0.0700. The van der Waals surface area contributed by atoms with Gasteiger partial charge < -0.3 is 20.2 Å². The number of pyridine rings is 1. The Labute approximate surface area is 141 Å². The second-order valence-electron chi connectivity index (χ2n) is 5.84. The van der Waals surface area contributed by atoms with Crippen molar-refractivity contribution in [2.24, 2.45) is 0 Å². The number of nitrogens with one attached hydrogen (secondary N) is 1. The van der Waals surface area contributed by atoms with Crippen molar-refractivity contribution in [2.45, 2.75) is 6.42 Å². The molecule has 1 aromatic heterocycles. The summed E-state index contributed by atoms with van der Waals surface area (Å²) in [5.41, 5.74) is 3.01. The Bertz CT molecular complexity index is 694. The minimum Gasteiger partial charge on any atom is -0.481 e. The van der Waals surface area contributed by atoms with Crippen molar-refractivity contribution < 1.29 is 9.90 Å². The van der Waals surface area contributed by atoms with Gasteiger partial charge in [0.2, 0.25) is 0 Å². The molecule has 0 radical (unpaired) electrons. The number of carboxylic acids is 1. The molecule has 1 aliphatic heterocycles. The number of aromatic nitrogens is 1. The summed E-state index contributed by atoms with van der Waals surface area (Å²) in [5.74, 6) is 0.198. The maximum atomic E-state index is 10.8. The topological polar surface area (TPSA) is 68.7 Å². The van der Waals surface area contributed by atoms with E-state index in [-0.39, 0.29) is 6.42 Å². The molecule has 1 aliphatic rings. The van der Waals surface area contributed by atoms with Gasteiger partial charge in [0.15, 0.2) is 5.82 Å². The van der Waals surface area contributed by atoms with Crippen molar-refractivity contribution in [2.75, 3.05) is 48.3 Å². The number of rotatable bonds is 5. The first kappa shape index (κ1) is 16.1. The van der Waals surface area contributed by atoms with Crippen molar-refractivity contribution in [1.82, 2.24) is 4.98 Å². The summed E-state index contributed by atoms with van der Waals surface area (Å²) in [6.45, 7) is 3.64. The standard InChI is InChI=1S/C18H22N4O2/c1-19-16-3-2-8-20-18(16)22-11-9-21(10-12-22)15-6-4-14(5-7-15)13-17(23)24/h2-8,19H,9-13H2,1H3,(H,23,24). The molecule has 1 fully saturated rings. The van der Waals surface area contributed by atoms with Crippen molar-refractivity contribution >= 4 is 23.2 Å². The second-order valence-corrected chi connectivity index (χ2v) is 5.84. The Morgan fingerprint density at radius 1 is 1.12 bits per heavy atom. The lowest BCUT2D eigenvalue weighted by Crippen LogP contribution is -2.47. The van der Waals surface area contributed by atoms with E-state index in [2.05, 4.69) is 20.1 Å². The molecule has 6 nitrogen and oxygen atoms in total. The summed E-state index contributed by atoms with van der Waals surface area (Å²) in [4.78, 5) is 19.9. The summed E-state index contributed by atoms with van der Waals surface area (Å²) >= 11 is 0. The van der Waals surface area contributed by atoms with Crippen LogP contribution in [0.5, 0.6) is 0 Å². The van der Waals surface area contributed by atoms with Crippen LogP contribution in [0, 0.1) is 0 Å². The molecule has 24 heavy (non-hydrogen) atoms. The predicted molar refractivity (Wildman–Crippen MR) is 96.0 cm³/mol. The fraction of sp³-hybridized carbons (Fsp3) is 0.333. The first-order chi connectivity index (χ1) is 11.7. The molecule has 0 unspecified atom stereocenters. The van der Waals surface area contributed by atoms with Gasteiger partial charge in [0.1, 0.15) is 0 Å². The smallest absolute Gasteiger partial charge is 0.307 e. The number of carboxylic acid groups (broad SMARTS) is 1. The molecule has 0 bridgehead atoms. The van der Waals surface area contributed by atoms with Gasteiger partial charge in [-0.05, 0) is 29.8 Å². The summed E-state index contributed by atoms with van der Waals surface area (Å²) in [6, 6.07) is 11.8. The minimum atomic E-state index is -0.799. The number of anilines is 3. The van der Waals surface area contributed by atoms with Crippen LogP contribution in [0.1, 0.15) is 5.56 Å². The average Bonchev–Trinajstić information content (AvgIpc) is 2.62. The van der Waals surface area contributed by atoms with E-state index >= 15 is 0 Å². The van der Waals surface area contributed by atoms with E-state index in [1.54, 1.807) is 0 Å². The van der Waals surface area contributed by atoms with Gasteiger partial charge in [-0.15, -0.1) is 0 Å².